The van der Waals surface area contributed by atoms with Gasteiger partial charge in [0.15, 0.2) is 16.6 Å². The Morgan fingerprint density at radius 3 is 2.84 bits per heavy atom. The minimum absolute atomic E-state index is 0.124. The molecule has 3 heterocycles. The Labute approximate surface area is 188 Å². The first-order valence-electron chi connectivity index (χ1n) is 10.1. The van der Waals surface area contributed by atoms with Crippen LogP contribution in [0.25, 0.3) is 11.0 Å². The zero-order chi connectivity index (χ0) is 23.1. The molecular weight excluding hydrogens is 438 g/mol. The van der Waals surface area contributed by atoms with Crippen LogP contribution in [0.2, 0.25) is 0 Å². The molecule has 3 rings (SSSR count). The molecule has 12 nitrogen and oxygen atoms in total. The van der Waals surface area contributed by atoms with E-state index in [2.05, 4.69) is 39.5 Å². The predicted molar refractivity (Wildman–Crippen MR) is 119 cm³/mol. The Kier molecular flexibility index (Phi) is 8.00. The van der Waals surface area contributed by atoms with E-state index in [1.807, 2.05) is 6.92 Å². The molecule has 0 saturated carbocycles. The second-order valence-corrected chi connectivity index (χ2v) is 8.44. The molecule has 2 N–H and O–H groups in total. The Morgan fingerprint density at radius 2 is 2.16 bits per heavy atom. The lowest BCUT2D eigenvalue weighted by atomic mass is 10.4. The van der Waals surface area contributed by atoms with Gasteiger partial charge in [0.1, 0.15) is 10.7 Å². The highest BCUT2D eigenvalue weighted by Gasteiger charge is 2.18. The van der Waals surface area contributed by atoms with Gasteiger partial charge in [-0.05, 0) is 13.0 Å². The van der Waals surface area contributed by atoms with E-state index in [4.69, 9.17) is 9.15 Å². The average molecular weight is 464 g/mol. The molecule has 0 spiro atoms. The molecule has 0 aromatic carbocycles. The van der Waals surface area contributed by atoms with E-state index < -0.39 is 16.7 Å². The first-order valence-corrected chi connectivity index (χ1v) is 11.0. The van der Waals surface area contributed by atoms with Gasteiger partial charge in [0.05, 0.1) is 30.8 Å². The summed E-state index contributed by atoms with van der Waals surface area (Å²) in [7, 11) is 0. The van der Waals surface area contributed by atoms with Crippen molar-refractivity contribution >= 4 is 40.4 Å². The molecule has 1 amide bonds. The third-order valence-corrected chi connectivity index (χ3v) is 5.03. The standard InChI is InChI=1S/C19H25N7O5S/c1-4-30-10-8-20-16-13-11-22-25(17(13)24-19(23-16)32-12(2)3)9-7-21-18(27)14-5-6-15(31-14)26(28)29/h5-6,11-12H,4,7-10H2,1-3H3,(H,21,27)(H,20,23,24). The topological polar surface area (TPSA) is 150 Å². The lowest BCUT2D eigenvalue weighted by Crippen LogP contribution is -2.27. The first-order chi connectivity index (χ1) is 15.4. The van der Waals surface area contributed by atoms with Gasteiger partial charge in [0, 0.05) is 24.9 Å². The highest BCUT2D eigenvalue weighted by atomic mass is 32.2. The maximum absolute atomic E-state index is 12.2. The molecule has 0 aliphatic carbocycles. The number of rotatable bonds is 12. The number of aromatic nitrogens is 4. The van der Waals surface area contributed by atoms with Gasteiger partial charge in [-0.1, -0.05) is 25.6 Å². The summed E-state index contributed by atoms with van der Waals surface area (Å²) in [4.78, 5) is 31.4. The van der Waals surface area contributed by atoms with Crippen LogP contribution < -0.4 is 10.6 Å². The van der Waals surface area contributed by atoms with Crippen molar-refractivity contribution in [1.29, 1.82) is 0 Å². The van der Waals surface area contributed by atoms with E-state index in [0.29, 0.717) is 48.2 Å². The van der Waals surface area contributed by atoms with Gasteiger partial charge in [0.2, 0.25) is 0 Å². The Balaban J connectivity index is 1.71. The summed E-state index contributed by atoms with van der Waals surface area (Å²) in [5.41, 5.74) is 0.643. The number of nitrogens with one attached hydrogen (secondary N) is 2. The van der Waals surface area contributed by atoms with Crippen LogP contribution >= 0.6 is 11.8 Å². The number of carbonyl (C=O) groups is 1. The zero-order valence-electron chi connectivity index (χ0n) is 18.0. The second kappa shape index (κ2) is 10.9. The van der Waals surface area contributed by atoms with Crippen LogP contribution in [-0.2, 0) is 11.3 Å². The van der Waals surface area contributed by atoms with Crippen LogP contribution in [0, 0.1) is 10.1 Å². The molecule has 0 aliphatic heterocycles. The molecule has 0 atom stereocenters. The van der Waals surface area contributed by atoms with E-state index in [9.17, 15) is 14.9 Å². The molecule has 0 unspecified atom stereocenters. The molecule has 0 bridgehead atoms. The minimum Gasteiger partial charge on any atom is -0.395 e. The summed E-state index contributed by atoms with van der Waals surface area (Å²) in [6.45, 7) is 8.44. The van der Waals surface area contributed by atoms with Gasteiger partial charge < -0.3 is 19.8 Å². The van der Waals surface area contributed by atoms with E-state index in [1.54, 1.807) is 22.6 Å². The summed E-state index contributed by atoms with van der Waals surface area (Å²) in [6.07, 6.45) is 1.68. The van der Waals surface area contributed by atoms with Crippen molar-refractivity contribution in [3.63, 3.8) is 0 Å². The van der Waals surface area contributed by atoms with E-state index >= 15 is 0 Å². The number of thioether (sulfide) groups is 1. The number of nitro groups is 1. The lowest BCUT2D eigenvalue weighted by Gasteiger charge is -2.11. The Morgan fingerprint density at radius 1 is 1.34 bits per heavy atom. The van der Waals surface area contributed by atoms with Crippen LogP contribution in [0.15, 0.2) is 27.9 Å². The molecule has 0 fully saturated rings. The predicted octanol–water partition coefficient (Wildman–Crippen LogP) is 2.71. The Bertz CT molecular complexity index is 1080. The van der Waals surface area contributed by atoms with Crippen molar-refractivity contribution in [2.75, 3.05) is 31.6 Å². The summed E-state index contributed by atoms with van der Waals surface area (Å²) in [6, 6.07) is 2.40. The number of hydrogen-bond donors (Lipinski definition) is 2. The summed E-state index contributed by atoms with van der Waals surface area (Å²) in [5, 5.41) is 22.7. The quantitative estimate of drug-likeness (QED) is 0.135. The van der Waals surface area contributed by atoms with E-state index in [0.717, 1.165) is 11.5 Å². The second-order valence-electron chi connectivity index (χ2n) is 6.90. The number of hydrogen-bond acceptors (Lipinski definition) is 10. The van der Waals surface area contributed by atoms with Crippen molar-refractivity contribution in [2.24, 2.45) is 0 Å². The van der Waals surface area contributed by atoms with Gasteiger partial charge in [-0.15, -0.1) is 0 Å². The van der Waals surface area contributed by atoms with Crippen molar-refractivity contribution in [3.05, 3.63) is 34.2 Å². The van der Waals surface area contributed by atoms with Crippen molar-refractivity contribution in [3.8, 4) is 0 Å². The number of furan rings is 1. The molecule has 3 aromatic rings. The normalized spacial score (nSPS) is 11.2. The first kappa shape index (κ1) is 23.5. The van der Waals surface area contributed by atoms with Gasteiger partial charge in [-0.25, -0.2) is 14.6 Å². The van der Waals surface area contributed by atoms with Gasteiger partial charge in [-0.2, -0.15) is 5.10 Å². The van der Waals surface area contributed by atoms with E-state index in [1.165, 1.54) is 6.07 Å². The van der Waals surface area contributed by atoms with Crippen LogP contribution in [0.1, 0.15) is 31.3 Å². The van der Waals surface area contributed by atoms with Crippen molar-refractivity contribution < 1.29 is 18.9 Å². The van der Waals surface area contributed by atoms with Crippen molar-refractivity contribution in [2.45, 2.75) is 37.7 Å². The fraction of sp³-hybridized carbons (Fsp3) is 0.474. The summed E-state index contributed by atoms with van der Waals surface area (Å²) < 4.78 is 12.0. The van der Waals surface area contributed by atoms with Crippen molar-refractivity contribution in [1.82, 2.24) is 25.1 Å². The summed E-state index contributed by atoms with van der Waals surface area (Å²) in [5.74, 6) is -0.472. The van der Waals surface area contributed by atoms with Crippen LogP contribution in [0.4, 0.5) is 11.7 Å². The largest absolute Gasteiger partial charge is 0.433 e. The maximum Gasteiger partial charge on any atom is 0.433 e. The average Bonchev–Trinajstić information content (AvgIpc) is 3.39. The molecule has 0 aliphatic rings. The number of fused-ring (bicyclic) bond motifs is 1. The highest BCUT2D eigenvalue weighted by Crippen LogP contribution is 2.26. The molecule has 0 radical (unpaired) electrons. The van der Waals surface area contributed by atoms with Crippen LogP contribution in [0.3, 0.4) is 0 Å². The monoisotopic (exact) mass is 463 g/mol. The van der Waals surface area contributed by atoms with Gasteiger partial charge >= 0.3 is 5.88 Å². The molecule has 3 aromatic heterocycles. The number of carbonyl (C=O) groups excluding carboxylic acids is 1. The molecule has 172 valence electrons. The number of nitrogens with zero attached hydrogens (tertiary/aromatic N) is 5. The van der Waals surface area contributed by atoms with Gasteiger partial charge in [0.25, 0.3) is 5.91 Å². The third kappa shape index (κ3) is 5.95. The highest BCUT2D eigenvalue weighted by molar-refractivity contribution is 7.99. The molecular formula is C19H25N7O5S. The lowest BCUT2D eigenvalue weighted by molar-refractivity contribution is -0.402. The SMILES string of the molecule is CCOCCNc1nc(SC(C)C)nc2c1cnn2CCNC(=O)c1ccc([N+](=O)[O-])o1. The Hall–Kier alpha value is -3.19. The van der Waals surface area contributed by atoms with Gasteiger partial charge in [-0.3, -0.25) is 14.9 Å². The number of amides is 1. The number of ether oxygens (including phenoxy) is 1. The minimum atomic E-state index is -0.695. The smallest absolute Gasteiger partial charge is 0.395 e. The maximum atomic E-state index is 12.2. The zero-order valence-corrected chi connectivity index (χ0v) is 18.8. The molecule has 32 heavy (non-hydrogen) atoms. The molecule has 0 saturated heterocycles. The van der Waals surface area contributed by atoms with E-state index in [-0.39, 0.29) is 12.3 Å². The molecule has 13 heteroatoms. The fourth-order valence-electron chi connectivity index (χ4n) is 2.79. The number of anilines is 1. The summed E-state index contributed by atoms with van der Waals surface area (Å²) >= 11 is 1.54. The fourth-order valence-corrected chi connectivity index (χ4v) is 3.50. The van der Waals surface area contributed by atoms with Crippen LogP contribution in [-0.4, -0.2) is 62.1 Å². The van der Waals surface area contributed by atoms with Crippen LogP contribution in [0.5, 0.6) is 0 Å². The third-order valence-electron chi connectivity index (χ3n) is 4.16.